The van der Waals surface area contributed by atoms with Crippen molar-refractivity contribution in [2.75, 3.05) is 13.2 Å². The molecule has 1 aromatic rings. The number of hydroxylamine groups is 2. The fourth-order valence-electron chi connectivity index (χ4n) is 3.68. The van der Waals surface area contributed by atoms with E-state index in [-0.39, 0.29) is 30.4 Å². The van der Waals surface area contributed by atoms with Crippen molar-refractivity contribution < 1.29 is 24.5 Å². The van der Waals surface area contributed by atoms with Crippen molar-refractivity contribution in [3.8, 4) is 0 Å². The second kappa shape index (κ2) is 9.21. The molecule has 1 saturated heterocycles. The minimum atomic E-state index is -0.963. The molecule has 0 saturated carbocycles. The number of guanidine groups is 1. The number of ketones is 1. The Morgan fingerprint density at radius 2 is 2.23 bits per heavy atom. The van der Waals surface area contributed by atoms with Gasteiger partial charge in [-0.05, 0) is 31.5 Å². The van der Waals surface area contributed by atoms with Crippen molar-refractivity contribution in [3.05, 3.63) is 34.0 Å². The summed E-state index contributed by atoms with van der Waals surface area (Å²) in [4.78, 5) is 37.4. The van der Waals surface area contributed by atoms with Crippen molar-refractivity contribution in [1.29, 1.82) is 0 Å². The normalized spacial score (nSPS) is 20.2. The van der Waals surface area contributed by atoms with E-state index in [0.29, 0.717) is 13.1 Å². The summed E-state index contributed by atoms with van der Waals surface area (Å²) in [6.45, 7) is 9.00. The van der Waals surface area contributed by atoms with Gasteiger partial charge in [0.05, 0.1) is 13.2 Å². The summed E-state index contributed by atoms with van der Waals surface area (Å²) in [6, 6.07) is -1.31. The van der Waals surface area contributed by atoms with E-state index in [9.17, 15) is 19.6 Å². The highest BCUT2D eigenvalue weighted by Gasteiger charge is 2.51. The Morgan fingerprint density at radius 3 is 2.83 bits per heavy atom. The number of fused-ring (bicyclic) bond motifs is 4. The van der Waals surface area contributed by atoms with Crippen LogP contribution in [0.1, 0.15) is 35.0 Å². The van der Waals surface area contributed by atoms with Gasteiger partial charge < -0.3 is 25.5 Å². The van der Waals surface area contributed by atoms with Gasteiger partial charge in [-0.3, -0.25) is 14.5 Å². The number of rotatable bonds is 8. The molecular weight excluding hydrogens is 408 g/mol. The molecule has 1 fully saturated rings. The van der Waals surface area contributed by atoms with Crippen LogP contribution in [0, 0.1) is 0 Å². The lowest BCUT2D eigenvalue weighted by Gasteiger charge is -2.30. The van der Waals surface area contributed by atoms with Gasteiger partial charge in [0.1, 0.15) is 12.1 Å². The molecule has 2 amide bonds. The number of hydrogen-bond donors (Lipinski definition) is 4. The summed E-state index contributed by atoms with van der Waals surface area (Å²) in [5.41, 5.74) is 1.64. The molecule has 0 radical (unpaired) electrons. The minimum absolute atomic E-state index is 0.131. The highest BCUT2D eigenvalue weighted by molar-refractivity contribution is 7.10. The monoisotopic (exact) mass is 433 g/mol. The smallest absolute Gasteiger partial charge is 0.431 e. The number of carbonyl (C=O) groups is 2. The number of amides is 2. The van der Waals surface area contributed by atoms with Crippen LogP contribution in [0.5, 0.6) is 0 Å². The van der Waals surface area contributed by atoms with Crippen LogP contribution in [0.15, 0.2) is 22.9 Å². The van der Waals surface area contributed by atoms with E-state index in [0.717, 1.165) is 16.0 Å². The zero-order valence-electron chi connectivity index (χ0n) is 17.2. The lowest BCUT2D eigenvalue weighted by atomic mass is 9.88. The van der Waals surface area contributed by atoms with Crippen LogP contribution >= 0.6 is 11.3 Å². The van der Waals surface area contributed by atoms with Crippen molar-refractivity contribution >= 4 is 43.2 Å². The first-order chi connectivity index (χ1) is 14.2. The number of hydrogen-bond acceptors (Lipinski definition) is 7. The standard InChI is InChI=1S/C17H25B2N5O5S/c1-5-6-29-24-12-8-23(17(24)26)14(10(2)25)13-11(9-30-15(12)13)7-20-16(21-18(3)27)22-19(4)28/h5,9,12,14,27-28H,1,6-8H2,2-4H3,(H2,20,21,22)/t12?,14-/m1/s1. The van der Waals surface area contributed by atoms with Gasteiger partial charge in [0.25, 0.3) is 0 Å². The first-order valence-electron chi connectivity index (χ1n) is 9.63. The molecule has 1 unspecified atom stereocenters. The van der Waals surface area contributed by atoms with Gasteiger partial charge in [-0.2, -0.15) is 5.06 Å². The number of nitrogens with zero attached hydrogens (tertiary/aromatic N) is 3. The van der Waals surface area contributed by atoms with Crippen LogP contribution in [0.2, 0.25) is 13.6 Å². The molecule has 2 bridgehead atoms. The van der Waals surface area contributed by atoms with Gasteiger partial charge in [-0.25, -0.2) is 4.79 Å². The Hall–Kier alpha value is -2.34. The van der Waals surface area contributed by atoms with E-state index in [1.54, 1.807) is 6.08 Å². The van der Waals surface area contributed by atoms with Gasteiger partial charge in [-0.15, -0.1) is 17.9 Å². The number of thiophene rings is 1. The molecule has 0 spiro atoms. The Kier molecular flexibility index (Phi) is 6.86. The topological polar surface area (TPSA) is 127 Å². The van der Waals surface area contributed by atoms with Gasteiger partial charge in [0, 0.05) is 17.0 Å². The van der Waals surface area contributed by atoms with Crippen LogP contribution in [0.3, 0.4) is 0 Å². The Labute approximate surface area is 179 Å². The second-order valence-electron chi connectivity index (χ2n) is 7.20. The van der Waals surface area contributed by atoms with Gasteiger partial charge in [-0.1, -0.05) is 6.08 Å². The quantitative estimate of drug-likeness (QED) is 0.204. The summed E-state index contributed by atoms with van der Waals surface area (Å²) in [5.74, 6) is 0.0960. The van der Waals surface area contributed by atoms with Crippen LogP contribution in [0.4, 0.5) is 4.79 Å². The maximum absolute atomic E-state index is 12.8. The molecule has 3 rings (SSSR count). The predicted molar refractivity (Wildman–Crippen MR) is 116 cm³/mol. The molecular formula is C17H25B2N5O5S. The van der Waals surface area contributed by atoms with Crippen molar-refractivity contribution in [2.45, 2.75) is 39.2 Å². The van der Waals surface area contributed by atoms with Crippen LogP contribution in [0.25, 0.3) is 0 Å². The molecule has 2 aliphatic heterocycles. The molecule has 160 valence electrons. The highest BCUT2D eigenvalue weighted by Crippen LogP contribution is 2.48. The van der Waals surface area contributed by atoms with Gasteiger partial charge in [0.2, 0.25) is 0 Å². The minimum Gasteiger partial charge on any atom is -0.433 e. The third kappa shape index (κ3) is 4.38. The average molecular weight is 433 g/mol. The average Bonchev–Trinajstić information content (AvgIpc) is 3.18. The number of Topliss-reactive ketones (excluding diaryl/α,β-unsaturated/α-hetero) is 1. The van der Waals surface area contributed by atoms with E-state index >= 15 is 0 Å². The van der Waals surface area contributed by atoms with Crippen LogP contribution in [-0.2, 0) is 16.2 Å². The molecule has 0 aromatic carbocycles. The van der Waals surface area contributed by atoms with Crippen molar-refractivity contribution in [1.82, 2.24) is 20.5 Å². The first-order valence-corrected chi connectivity index (χ1v) is 10.5. The number of carbonyl (C=O) groups excluding carboxylic acids is 2. The predicted octanol–water partition coefficient (Wildman–Crippen LogP) is 0.544. The largest absolute Gasteiger partial charge is 0.433 e. The van der Waals surface area contributed by atoms with Crippen molar-refractivity contribution in [2.24, 2.45) is 4.90 Å². The molecule has 3 heterocycles. The van der Waals surface area contributed by atoms with E-state index in [1.807, 2.05) is 5.38 Å². The van der Waals surface area contributed by atoms with E-state index in [2.05, 4.69) is 22.0 Å². The molecule has 13 heteroatoms. The molecule has 2 atom stereocenters. The summed E-state index contributed by atoms with van der Waals surface area (Å²) >= 11 is 1.47. The van der Waals surface area contributed by atoms with Crippen molar-refractivity contribution in [3.63, 3.8) is 0 Å². The van der Waals surface area contributed by atoms with Crippen LogP contribution < -0.4 is 10.5 Å². The summed E-state index contributed by atoms with van der Waals surface area (Å²) in [7, 11) is -1.83. The molecule has 30 heavy (non-hydrogen) atoms. The maximum Gasteiger partial charge on any atom is 0.431 e. The lowest BCUT2D eigenvalue weighted by molar-refractivity contribution is -0.121. The van der Waals surface area contributed by atoms with Gasteiger partial charge >= 0.3 is 20.1 Å². The first kappa shape index (κ1) is 22.3. The SMILES string of the molecule is C=CCON1C(=O)N2CC1c1scc(CNC(=NB(C)O)NB(C)O)c1[C@H]2C(C)=O. The third-order valence-electron chi connectivity index (χ3n) is 4.74. The lowest BCUT2D eigenvalue weighted by Crippen LogP contribution is -2.45. The fraction of sp³-hybridized carbons (Fsp3) is 0.471. The van der Waals surface area contributed by atoms with E-state index in [1.165, 1.54) is 41.9 Å². The summed E-state index contributed by atoms with van der Waals surface area (Å²) in [5, 5.41) is 28.2. The highest BCUT2D eigenvalue weighted by atomic mass is 32.1. The molecule has 4 N–H and O–H groups in total. The summed E-state index contributed by atoms with van der Waals surface area (Å²) in [6.07, 6.45) is 1.57. The van der Waals surface area contributed by atoms with E-state index < -0.39 is 20.1 Å². The number of urea groups is 1. The Balaban J connectivity index is 1.90. The molecule has 10 nitrogen and oxygen atoms in total. The molecule has 2 aliphatic rings. The maximum atomic E-state index is 12.8. The van der Waals surface area contributed by atoms with E-state index in [4.69, 9.17) is 4.84 Å². The Bertz CT molecular complexity index is 862. The second-order valence-corrected chi connectivity index (χ2v) is 8.11. The molecule has 1 aromatic heterocycles. The zero-order valence-corrected chi connectivity index (χ0v) is 18.0. The third-order valence-corrected chi connectivity index (χ3v) is 5.89. The zero-order chi connectivity index (χ0) is 22.0. The Morgan fingerprint density at radius 1 is 1.50 bits per heavy atom. The summed E-state index contributed by atoms with van der Waals surface area (Å²) < 4.78 is 0. The van der Waals surface area contributed by atoms with Gasteiger partial charge in [0.15, 0.2) is 11.7 Å². The number of nitrogens with one attached hydrogen (secondary N) is 2. The fourth-order valence-corrected chi connectivity index (χ4v) is 4.86. The molecule has 0 aliphatic carbocycles. The van der Waals surface area contributed by atoms with Crippen LogP contribution in [-0.4, -0.2) is 65.0 Å².